The van der Waals surface area contributed by atoms with E-state index in [1.807, 2.05) is 6.92 Å². The van der Waals surface area contributed by atoms with Crippen LogP contribution >= 0.6 is 11.6 Å². The van der Waals surface area contributed by atoms with E-state index in [0.29, 0.717) is 10.7 Å². The number of aryl methyl sites for hydroxylation is 1. The van der Waals surface area contributed by atoms with Gasteiger partial charge in [-0.1, -0.05) is 17.7 Å². The van der Waals surface area contributed by atoms with E-state index in [0.717, 1.165) is 5.56 Å². The van der Waals surface area contributed by atoms with Crippen LogP contribution in [0.3, 0.4) is 0 Å². The molecule has 0 aromatic heterocycles. The van der Waals surface area contributed by atoms with Crippen LogP contribution in [0, 0.1) is 17.0 Å². The second-order valence-electron chi connectivity index (χ2n) is 5.18. The fourth-order valence-corrected chi connectivity index (χ4v) is 2.03. The molecule has 2 rings (SSSR count). The SMILES string of the molecule is Cc1ccc(NC(=O)OCCOC(=O)Oc2ccc([N+](=O)[O-])cc2)cc1Cl. The van der Waals surface area contributed by atoms with Gasteiger partial charge in [-0.2, -0.15) is 0 Å². The first-order valence-electron chi connectivity index (χ1n) is 7.64. The van der Waals surface area contributed by atoms with Gasteiger partial charge in [-0.3, -0.25) is 15.4 Å². The second kappa shape index (κ2) is 9.39. The zero-order valence-corrected chi connectivity index (χ0v) is 14.9. The first kappa shape index (κ1) is 20.0. The number of benzene rings is 2. The van der Waals surface area contributed by atoms with Crippen LogP contribution < -0.4 is 10.1 Å². The van der Waals surface area contributed by atoms with Gasteiger partial charge < -0.3 is 14.2 Å². The van der Waals surface area contributed by atoms with Crippen molar-refractivity contribution < 1.29 is 28.7 Å². The number of anilines is 1. The van der Waals surface area contributed by atoms with Gasteiger partial charge in [0.25, 0.3) is 5.69 Å². The first-order chi connectivity index (χ1) is 12.8. The summed E-state index contributed by atoms with van der Waals surface area (Å²) in [6.45, 7) is 1.41. The van der Waals surface area contributed by atoms with Gasteiger partial charge >= 0.3 is 12.2 Å². The Balaban J connectivity index is 1.68. The lowest BCUT2D eigenvalue weighted by Gasteiger charge is -2.09. The standard InChI is InChI=1S/C17H15ClN2O7/c1-11-2-3-12(10-15(11)18)19-16(21)25-8-9-26-17(22)27-14-6-4-13(5-7-14)20(23)24/h2-7,10H,8-9H2,1H3,(H,19,21). The highest BCUT2D eigenvalue weighted by molar-refractivity contribution is 6.31. The van der Waals surface area contributed by atoms with E-state index in [1.54, 1.807) is 18.2 Å². The van der Waals surface area contributed by atoms with E-state index in [4.69, 9.17) is 25.8 Å². The third kappa shape index (κ3) is 6.48. The van der Waals surface area contributed by atoms with Crippen molar-refractivity contribution in [2.45, 2.75) is 6.92 Å². The number of carbonyl (C=O) groups excluding carboxylic acids is 2. The molecule has 0 aliphatic heterocycles. The minimum absolute atomic E-state index is 0.0838. The van der Waals surface area contributed by atoms with Gasteiger partial charge in [0.15, 0.2) is 0 Å². The number of nitrogens with one attached hydrogen (secondary N) is 1. The van der Waals surface area contributed by atoms with Crippen LogP contribution in [-0.4, -0.2) is 30.4 Å². The number of nitro groups is 1. The largest absolute Gasteiger partial charge is 0.513 e. The molecule has 1 amide bonds. The molecule has 27 heavy (non-hydrogen) atoms. The van der Waals surface area contributed by atoms with Crippen LogP contribution in [0.1, 0.15) is 5.56 Å². The molecule has 0 atom stereocenters. The predicted octanol–water partition coefficient (Wildman–Crippen LogP) is 4.32. The molecule has 0 saturated carbocycles. The Kier molecular flexibility index (Phi) is 6.95. The maximum absolute atomic E-state index is 11.6. The number of hydrogen-bond acceptors (Lipinski definition) is 7. The molecule has 0 saturated heterocycles. The highest BCUT2D eigenvalue weighted by atomic mass is 35.5. The smallest absolute Gasteiger partial charge is 0.446 e. The van der Waals surface area contributed by atoms with Crippen molar-refractivity contribution >= 4 is 35.2 Å². The van der Waals surface area contributed by atoms with E-state index < -0.39 is 17.2 Å². The third-order valence-electron chi connectivity index (χ3n) is 3.20. The summed E-state index contributed by atoms with van der Waals surface area (Å²) in [5, 5.41) is 13.5. The molecule has 0 aliphatic rings. The lowest BCUT2D eigenvalue weighted by molar-refractivity contribution is -0.384. The molecule has 0 unspecified atom stereocenters. The average Bonchev–Trinajstić information content (AvgIpc) is 2.62. The number of nitrogens with zero attached hydrogens (tertiary/aromatic N) is 1. The molecule has 9 nitrogen and oxygen atoms in total. The van der Waals surface area contributed by atoms with Gasteiger partial charge in [-0.25, -0.2) is 9.59 Å². The monoisotopic (exact) mass is 394 g/mol. The Hall–Kier alpha value is -3.33. The molecular weight excluding hydrogens is 380 g/mol. The number of rotatable bonds is 6. The van der Waals surface area contributed by atoms with Crippen LogP contribution in [0.5, 0.6) is 5.75 Å². The second-order valence-corrected chi connectivity index (χ2v) is 5.58. The van der Waals surface area contributed by atoms with Crippen LogP contribution in [0.2, 0.25) is 5.02 Å². The zero-order chi connectivity index (χ0) is 19.8. The minimum Gasteiger partial charge on any atom is -0.446 e. The Bertz CT molecular complexity index is 840. The van der Waals surface area contributed by atoms with Crippen molar-refractivity contribution in [3.63, 3.8) is 0 Å². The van der Waals surface area contributed by atoms with Gasteiger partial charge in [0.1, 0.15) is 19.0 Å². The minimum atomic E-state index is -1.03. The highest BCUT2D eigenvalue weighted by Gasteiger charge is 2.10. The van der Waals surface area contributed by atoms with Crippen molar-refractivity contribution in [3.8, 4) is 5.75 Å². The van der Waals surface area contributed by atoms with E-state index in [1.165, 1.54) is 24.3 Å². The quantitative estimate of drug-likeness (QED) is 0.255. The van der Waals surface area contributed by atoms with Crippen LogP contribution in [0.15, 0.2) is 42.5 Å². The average molecular weight is 395 g/mol. The normalized spacial score (nSPS) is 10.0. The molecular formula is C17H15ClN2O7. The van der Waals surface area contributed by atoms with Gasteiger partial charge in [-0.05, 0) is 36.8 Å². The number of non-ortho nitro benzene ring substituents is 1. The molecule has 2 aromatic rings. The summed E-state index contributed by atoms with van der Waals surface area (Å²) in [4.78, 5) is 33.1. The van der Waals surface area contributed by atoms with Gasteiger partial charge in [0.05, 0.1) is 4.92 Å². The summed E-state index contributed by atoms with van der Waals surface area (Å²) < 4.78 is 14.4. The number of nitro benzene ring substituents is 1. The number of carbonyl (C=O) groups is 2. The van der Waals surface area contributed by atoms with Crippen molar-refractivity contribution in [3.05, 3.63) is 63.2 Å². The molecule has 0 heterocycles. The number of amides is 1. The van der Waals surface area contributed by atoms with Crippen molar-refractivity contribution in [1.29, 1.82) is 0 Å². The van der Waals surface area contributed by atoms with Crippen molar-refractivity contribution in [2.75, 3.05) is 18.5 Å². The molecule has 0 fully saturated rings. The molecule has 10 heteroatoms. The highest BCUT2D eigenvalue weighted by Crippen LogP contribution is 2.20. The van der Waals surface area contributed by atoms with Crippen molar-refractivity contribution in [2.24, 2.45) is 0 Å². The van der Waals surface area contributed by atoms with Gasteiger partial charge in [0, 0.05) is 22.8 Å². The molecule has 0 radical (unpaired) electrons. The summed E-state index contributed by atoms with van der Waals surface area (Å²) in [5.41, 5.74) is 1.20. The van der Waals surface area contributed by atoms with Crippen LogP contribution in [0.25, 0.3) is 0 Å². The van der Waals surface area contributed by atoms with E-state index in [9.17, 15) is 19.7 Å². The lowest BCUT2D eigenvalue weighted by atomic mass is 10.2. The topological polar surface area (TPSA) is 117 Å². The lowest BCUT2D eigenvalue weighted by Crippen LogP contribution is -2.19. The Morgan fingerprint density at radius 1 is 1.11 bits per heavy atom. The molecule has 142 valence electrons. The summed E-state index contributed by atoms with van der Waals surface area (Å²) in [6, 6.07) is 9.89. The summed E-state index contributed by atoms with van der Waals surface area (Å²) in [7, 11) is 0. The number of ether oxygens (including phenoxy) is 3. The third-order valence-corrected chi connectivity index (χ3v) is 3.61. The fourth-order valence-electron chi connectivity index (χ4n) is 1.85. The fraction of sp³-hybridized carbons (Fsp3) is 0.176. The van der Waals surface area contributed by atoms with Crippen LogP contribution in [-0.2, 0) is 9.47 Å². The van der Waals surface area contributed by atoms with Gasteiger partial charge in [-0.15, -0.1) is 0 Å². The number of halogens is 1. The molecule has 0 aliphatic carbocycles. The maximum atomic E-state index is 11.6. The molecule has 0 spiro atoms. The molecule has 1 N–H and O–H groups in total. The maximum Gasteiger partial charge on any atom is 0.513 e. The Labute approximate surface area is 158 Å². The van der Waals surface area contributed by atoms with E-state index >= 15 is 0 Å². The number of hydrogen-bond donors (Lipinski definition) is 1. The van der Waals surface area contributed by atoms with Crippen LogP contribution in [0.4, 0.5) is 21.0 Å². The van der Waals surface area contributed by atoms with Gasteiger partial charge in [0.2, 0.25) is 0 Å². The van der Waals surface area contributed by atoms with Crippen molar-refractivity contribution in [1.82, 2.24) is 0 Å². The Morgan fingerprint density at radius 2 is 1.78 bits per heavy atom. The van der Waals surface area contributed by atoms with E-state index in [-0.39, 0.29) is 24.7 Å². The Morgan fingerprint density at radius 3 is 2.41 bits per heavy atom. The summed E-state index contributed by atoms with van der Waals surface area (Å²) in [6.07, 6.45) is -1.76. The zero-order valence-electron chi connectivity index (χ0n) is 14.1. The molecule has 2 aromatic carbocycles. The summed E-state index contributed by atoms with van der Waals surface area (Å²) in [5.74, 6) is 0.0838. The first-order valence-corrected chi connectivity index (χ1v) is 8.02. The predicted molar refractivity (Wildman–Crippen MR) is 96.2 cm³/mol. The molecule has 0 bridgehead atoms. The summed E-state index contributed by atoms with van der Waals surface area (Å²) >= 11 is 5.95. The van der Waals surface area contributed by atoms with E-state index in [2.05, 4.69) is 5.32 Å².